The van der Waals surface area contributed by atoms with Crippen molar-refractivity contribution in [2.45, 2.75) is 46.0 Å². The summed E-state index contributed by atoms with van der Waals surface area (Å²) in [5, 5.41) is 0. The summed E-state index contributed by atoms with van der Waals surface area (Å²) < 4.78 is 0. The van der Waals surface area contributed by atoms with Crippen molar-refractivity contribution in [3.8, 4) is 0 Å². The van der Waals surface area contributed by atoms with Gasteiger partial charge >= 0.3 is 0 Å². The molecule has 0 bridgehead atoms. The van der Waals surface area contributed by atoms with Gasteiger partial charge in [-0.05, 0) is 36.5 Å². The van der Waals surface area contributed by atoms with Crippen LogP contribution in [0.25, 0.3) is 0 Å². The first kappa shape index (κ1) is 7.64. The molecule has 64 valence electrons. The lowest BCUT2D eigenvalue weighted by Crippen LogP contribution is -2.35. The van der Waals surface area contributed by atoms with Crippen molar-refractivity contribution >= 4 is 0 Å². The summed E-state index contributed by atoms with van der Waals surface area (Å²) in [4.78, 5) is 0. The van der Waals surface area contributed by atoms with Gasteiger partial charge in [-0.3, -0.25) is 0 Å². The molecule has 0 aromatic rings. The monoisotopic (exact) mass is 152 g/mol. The normalized spacial score (nSPS) is 48.5. The highest BCUT2D eigenvalue weighted by atomic mass is 14.5. The van der Waals surface area contributed by atoms with E-state index in [1.807, 2.05) is 0 Å². The lowest BCUT2D eigenvalue weighted by molar-refractivity contribution is 0.0659. The predicted octanol–water partition coefficient (Wildman–Crippen LogP) is 3.47. The number of rotatable bonds is 2. The summed E-state index contributed by atoms with van der Waals surface area (Å²) in [6.07, 6.45) is 7.55. The van der Waals surface area contributed by atoms with E-state index in [0.717, 1.165) is 23.7 Å². The Labute approximate surface area is 70.4 Å². The van der Waals surface area contributed by atoms with E-state index in [4.69, 9.17) is 0 Å². The van der Waals surface area contributed by atoms with E-state index in [0.29, 0.717) is 0 Å². The van der Waals surface area contributed by atoms with Crippen molar-refractivity contribution in [3.63, 3.8) is 0 Å². The molecule has 0 amide bonds. The maximum absolute atomic E-state index is 2.46. The van der Waals surface area contributed by atoms with Crippen LogP contribution in [0.15, 0.2) is 0 Å². The van der Waals surface area contributed by atoms with E-state index in [1.165, 1.54) is 19.3 Å². The number of hydrogen-bond donors (Lipinski definition) is 0. The fourth-order valence-electron chi connectivity index (χ4n) is 3.48. The van der Waals surface area contributed by atoms with Crippen LogP contribution in [-0.2, 0) is 0 Å². The lowest BCUT2D eigenvalue weighted by atomic mass is 9.63. The van der Waals surface area contributed by atoms with E-state index in [1.54, 1.807) is 12.8 Å². The molecule has 2 fully saturated rings. The Morgan fingerprint density at radius 2 is 2.09 bits per heavy atom. The van der Waals surface area contributed by atoms with Crippen molar-refractivity contribution in [1.82, 2.24) is 0 Å². The second-order valence-electron chi connectivity index (χ2n) is 4.68. The molecular weight excluding hydrogens is 132 g/mol. The first-order valence-corrected chi connectivity index (χ1v) is 5.33. The van der Waals surface area contributed by atoms with Gasteiger partial charge in [-0.2, -0.15) is 0 Å². The van der Waals surface area contributed by atoms with Gasteiger partial charge in [0, 0.05) is 0 Å². The SMILES string of the molecule is CCCC1CC2CCC(C)C12. The van der Waals surface area contributed by atoms with Crippen LogP contribution in [0.3, 0.4) is 0 Å². The zero-order valence-electron chi connectivity index (χ0n) is 7.84. The highest BCUT2D eigenvalue weighted by molar-refractivity contribution is 4.96. The van der Waals surface area contributed by atoms with Crippen molar-refractivity contribution in [2.75, 3.05) is 0 Å². The summed E-state index contributed by atoms with van der Waals surface area (Å²) >= 11 is 0. The summed E-state index contributed by atoms with van der Waals surface area (Å²) in [6.45, 7) is 4.79. The average molecular weight is 152 g/mol. The van der Waals surface area contributed by atoms with Crippen LogP contribution in [-0.4, -0.2) is 0 Å². The van der Waals surface area contributed by atoms with Gasteiger partial charge < -0.3 is 0 Å². The molecule has 0 aromatic carbocycles. The minimum absolute atomic E-state index is 1.06. The quantitative estimate of drug-likeness (QED) is 0.568. The Hall–Kier alpha value is 0. The first-order valence-electron chi connectivity index (χ1n) is 5.33. The molecule has 0 aromatic heterocycles. The number of fused-ring (bicyclic) bond motifs is 1. The Bertz CT molecular complexity index is 133. The highest BCUT2D eigenvalue weighted by Gasteiger charge is 2.46. The molecule has 0 spiro atoms. The molecule has 0 saturated heterocycles. The van der Waals surface area contributed by atoms with Gasteiger partial charge in [0.25, 0.3) is 0 Å². The second-order valence-corrected chi connectivity index (χ2v) is 4.68. The molecule has 0 N–H and O–H groups in total. The Morgan fingerprint density at radius 3 is 2.73 bits per heavy atom. The molecule has 0 heteroatoms. The van der Waals surface area contributed by atoms with E-state index in [-0.39, 0.29) is 0 Å². The van der Waals surface area contributed by atoms with E-state index in [9.17, 15) is 0 Å². The molecule has 4 unspecified atom stereocenters. The van der Waals surface area contributed by atoms with Gasteiger partial charge in [0.1, 0.15) is 0 Å². The van der Waals surface area contributed by atoms with E-state index >= 15 is 0 Å². The smallest absolute Gasteiger partial charge is 0.0331 e. The molecule has 0 heterocycles. The van der Waals surface area contributed by atoms with Crippen LogP contribution >= 0.6 is 0 Å². The van der Waals surface area contributed by atoms with Crippen molar-refractivity contribution in [2.24, 2.45) is 23.7 Å². The van der Waals surface area contributed by atoms with E-state index in [2.05, 4.69) is 13.8 Å². The molecular formula is C11H20. The largest absolute Gasteiger partial charge is 0.0654 e. The van der Waals surface area contributed by atoms with Crippen molar-refractivity contribution in [3.05, 3.63) is 0 Å². The third kappa shape index (κ3) is 1.11. The Morgan fingerprint density at radius 1 is 1.27 bits per heavy atom. The summed E-state index contributed by atoms with van der Waals surface area (Å²) in [6, 6.07) is 0. The van der Waals surface area contributed by atoms with Gasteiger partial charge in [-0.25, -0.2) is 0 Å². The first-order chi connectivity index (χ1) is 5.33. The van der Waals surface area contributed by atoms with Gasteiger partial charge in [-0.1, -0.05) is 33.1 Å². The maximum atomic E-state index is 2.46. The molecule has 2 rings (SSSR count). The number of hydrogen-bond acceptors (Lipinski definition) is 0. The molecule has 11 heavy (non-hydrogen) atoms. The molecule has 0 nitrogen and oxygen atoms in total. The zero-order chi connectivity index (χ0) is 7.84. The minimum Gasteiger partial charge on any atom is -0.0654 e. The third-order valence-corrected chi connectivity index (χ3v) is 4.00. The van der Waals surface area contributed by atoms with Gasteiger partial charge in [-0.15, -0.1) is 0 Å². The topological polar surface area (TPSA) is 0 Å². The lowest BCUT2D eigenvalue weighted by Gasteiger charge is -2.43. The predicted molar refractivity (Wildman–Crippen MR) is 48.4 cm³/mol. The summed E-state index contributed by atoms with van der Waals surface area (Å²) in [5.41, 5.74) is 0. The Kier molecular flexibility index (Phi) is 1.95. The van der Waals surface area contributed by atoms with Gasteiger partial charge in [0.15, 0.2) is 0 Å². The van der Waals surface area contributed by atoms with Gasteiger partial charge in [0.05, 0.1) is 0 Å². The van der Waals surface area contributed by atoms with Gasteiger partial charge in [0.2, 0.25) is 0 Å². The van der Waals surface area contributed by atoms with Crippen LogP contribution in [0.4, 0.5) is 0 Å². The van der Waals surface area contributed by atoms with Crippen LogP contribution in [0, 0.1) is 23.7 Å². The maximum Gasteiger partial charge on any atom is -0.0331 e. The zero-order valence-corrected chi connectivity index (χ0v) is 7.84. The Balaban J connectivity index is 1.90. The average Bonchev–Trinajstić information content (AvgIpc) is 2.20. The van der Waals surface area contributed by atoms with Crippen molar-refractivity contribution in [1.29, 1.82) is 0 Å². The molecule has 2 aliphatic rings. The van der Waals surface area contributed by atoms with Crippen LogP contribution in [0.1, 0.15) is 46.0 Å². The van der Waals surface area contributed by atoms with Crippen LogP contribution in [0.5, 0.6) is 0 Å². The minimum atomic E-state index is 1.06. The second kappa shape index (κ2) is 2.80. The van der Waals surface area contributed by atoms with Crippen LogP contribution in [0.2, 0.25) is 0 Å². The van der Waals surface area contributed by atoms with Crippen LogP contribution < -0.4 is 0 Å². The molecule has 4 atom stereocenters. The standard InChI is InChI=1S/C11H20/c1-3-4-9-7-10-6-5-8(2)11(9)10/h8-11H,3-7H2,1-2H3. The molecule has 0 aliphatic heterocycles. The molecule has 0 radical (unpaired) electrons. The third-order valence-electron chi connectivity index (χ3n) is 4.00. The highest BCUT2D eigenvalue weighted by Crippen LogP contribution is 2.55. The summed E-state index contributed by atoms with van der Waals surface area (Å²) in [5.74, 6) is 4.49. The van der Waals surface area contributed by atoms with E-state index < -0.39 is 0 Å². The van der Waals surface area contributed by atoms with Crippen molar-refractivity contribution < 1.29 is 0 Å². The molecule has 2 aliphatic carbocycles. The summed E-state index contributed by atoms with van der Waals surface area (Å²) in [7, 11) is 0. The fourth-order valence-corrected chi connectivity index (χ4v) is 3.48. The molecule has 2 saturated carbocycles. The fraction of sp³-hybridized carbons (Fsp3) is 1.00.